The fourth-order valence-electron chi connectivity index (χ4n) is 3.36. The normalized spacial score (nSPS) is 13.5. The van der Waals surface area contributed by atoms with E-state index in [1.807, 2.05) is 18.2 Å². The molecule has 10 heteroatoms. The smallest absolute Gasteiger partial charge is 0.199 e. The van der Waals surface area contributed by atoms with Crippen LogP contribution in [0.1, 0.15) is 23.1 Å². The Kier molecular flexibility index (Phi) is 7.19. The summed E-state index contributed by atoms with van der Waals surface area (Å²) < 4.78 is 0. The van der Waals surface area contributed by atoms with Crippen LogP contribution in [0, 0.1) is 5.41 Å². The maximum absolute atomic E-state index is 7.76. The molecule has 1 aromatic heterocycles. The number of hydrogen-bond acceptors (Lipinski definition) is 4. The maximum Gasteiger partial charge on any atom is 0.199 e. The molecule has 1 heterocycles. The number of rotatable bonds is 3. The van der Waals surface area contributed by atoms with Gasteiger partial charge in [0, 0.05) is 21.2 Å². The van der Waals surface area contributed by atoms with E-state index in [0.717, 1.165) is 40.8 Å². The number of aromatic nitrogens is 2. The van der Waals surface area contributed by atoms with Gasteiger partial charge in [0.15, 0.2) is 11.8 Å². The number of hydrogen-bond donors (Lipinski definition) is 4. The van der Waals surface area contributed by atoms with Crippen molar-refractivity contribution in [1.29, 1.82) is 5.41 Å². The minimum Gasteiger partial charge on any atom is -0.384 e. The van der Waals surface area contributed by atoms with E-state index in [-0.39, 0.29) is 36.6 Å². The summed E-state index contributed by atoms with van der Waals surface area (Å²) in [6, 6.07) is 10.9. The fraction of sp³-hybridized carbons (Fsp3) is 0.105. The second-order valence-electron chi connectivity index (χ2n) is 6.28. The number of H-pyrrole nitrogens is 1. The third-order valence-electron chi connectivity index (χ3n) is 4.47. The first-order chi connectivity index (χ1) is 12.9. The molecule has 0 saturated carbocycles. The summed E-state index contributed by atoms with van der Waals surface area (Å²) in [7, 11) is 0. The average molecular weight is 472 g/mol. The molecule has 0 atom stereocenters. The number of anilines is 1. The van der Waals surface area contributed by atoms with Gasteiger partial charge in [-0.15, -0.1) is 24.8 Å². The van der Waals surface area contributed by atoms with Crippen molar-refractivity contribution < 1.29 is 0 Å². The molecule has 0 bridgehead atoms. The summed E-state index contributed by atoms with van der Waals surface area (Å²) >= 11 is 12.2. The second-order valence-corrected chi connectivity index (χ2v) is 7.15. The summed E-state index contributed by atoms with van der Waals surface area (Å²) in [6.45, 7) is 0. The molecule has 0 saturated heterocycles. The summed E-state index contributed by atoms with van der Waals surface area (Å²) in [6.07, 6.45) is 1.53. The van der Waals surface area contributed by atoms with Crippen LogP contribution >= 0.6 is 48.0 Å². The SMILES string of the molecule is Cl.Cl.N=C(N)c1cccc2c1CCC2=Nc1[nH]c(N)nc1-c1cc(Cl)cc(Cl)c1. The highest BCUT2D eigenvalue weighted by molar-refractivity contribution is 6.35. The summed E-state index contributed by atoms with van der Waals surface area (Å²) in [5, 5.41) is 8.78. The number of aromatic amines is 1. The lowest BCUT2D eigenvalue weighted by atomic mass is 10.0. The van der Waals surface area contributed by atoms with Crippen molar-refractivity contribution in [1.82, 2.24) is 9.97 Å². The Hall–Kier alpha value is -2.25. The molecule has 4 rings (SSSR count). The molecule has 2 aromatic carbocycles. The maximum atomic E-state index is 7.76. The molecule has 0 radical (unpaired) electrons. The molecular formula is C19H18Cl4N6. The van der Waals surface area contributed by atoms with Crippen LogP contribution in [-0.4, -0.2) is 21.5 Å². The van der Waals surface area contributed by atoms with Crippen LogP contribution in [0.2, 0.25) is 10.0 Å². The van der Waals surface area contributed by atoms with Crippen molar-refractivity contribution in [2.24, 2.45) is 10.7 Å². The lowest BCUT2D eigenvalue weighted by molar-refractivity contribution is 1.08. The lowest BCUT2D eigenvalue weighted by Crippen LogP contribution is -2.13. The van der Waals surface area contributed by atoms with Gasteiger partial charge < -0.3 is 16.5 Å². The number of nitrogens with zero attached hydrogens (tertiary/aromatic N) is 2. The monoisotopic (exact) mass is 470 g/mol. The predicted octanol–water partition coefficient (Wildman–Crippen LogP) is 5.16. The van der Waals surface area contributed by atoms with E-state index in [1.165, 1.54) is 0 Å². The van der Waals surface area contributed by atoms with Gasteiger partial charge in [-0.3, -0.25) is 5.41 Å². The molecule has 0 spiro atoms. The Labute approximate surface area is 190 Å². The van der Waals surface area contributed by atoms with Gasteiger partial charge in [0.2, 0.25) is 0 Å². The zero-order valence-corrected chi connectivity index (χ0v) is 18.1. The topological polar surface area (TPSA) is 117 Å². The van der Waals surface area contributed by atoms with Gasteiger partial charge >= 0.3 is 0 Å². The zero-order chi connectivity index (χ0) is 19.1. The van der Waals surface area contributed by atoms with E-state index in [1.54, 1.807) is 18.2 Å². The molecule has 3 aromatic rings. The fourth-order valence-corrected chi connectivity index (χ4v) is 3.89. The second kappa shape index (κ2) is 9.05. The van der Waals surface area contributed by atoms with Crippen molar-refractivity contribution in [3.05, 3.63) is 63.1 Å². The highest BCUT2D eigenvalue weighted by atomic mass is 35.5. The first-order valence-corrected chi connectivity index (χ1v) is 9.04. The largest absolute Gasteiger partial charge is 0.384 e. The standard InChI is InChI=1S/C19H16Cl2N6.2ClH/c20-10-6-9(7-11(21)8-10)16-18(27-19(24)26-16)25-15-5-4-12-13(15)2-1-3-14(12)17(22)23;;/h1-3,6-8H,4-5H2,(H3,22,23)(H3,24,26,27);2*1H. The molecule has 152 valence electrons. The van der Waals surface area contributed by atoms with Crippen LogP contribution in [0.15, 0.2) is 41.4 Å². The number of halogens is 4. The number of benzene rings is 2. The van der Waals surface area contributed by atoms with Gasteiger partial charge in [-0.2, -0.15) is 0 Å². The van der Waals surface area contributed by atoms with Crippen molar-refractivity contribution in [3.63, 3.8) is 0 Å². The summed E-state index contributed by atoms with van der Waals surface area (Å²) in [4.78, 5) is 12.1. The van der Waals surface area contributed by atoms with E-state index in [2.05, 4.69) is 9.97 Å². The average Bonchev–Trinajstić information content (AvgIpc) is 3.17. The molecule has 29 heavy (non-hydrogen) atoms. The highest BCUT2D eigenvalue weighted by Gasteiger charge is 2.22. The van der Waals surface area contributed by atoms with E-state index in [4.69, 9.17) is 45.1 Å². The molecule has 6 nitrogen and oxygen atoms in total. The van der Waals surface area contributed by atoms with Gasteiger partial charge in [0.25, 0.3) is 0 Å². The first-order valence-electron chi connectivity index (χ1n) is 8.28. The molecule has 0 aliphatic heterocycles. The van der Waals surface area contributed by atoms with Crippen LogP contribution < -0.4 is 11.5 Å². The molecule has 0 fully saturated rings. The minimum atomic E-state index is 0. The van der Waals surface area contributed by atoms with E-state index < -0.39 is 0 Å². The molecule has 1 aliphatic carbocycles. The van der Waals surface area contributed by atoms with E-state index >= 15 is 0 Å². The Morgan fingerprint density at radius 2 is 1.79 bits per heavy atom. The number of fused-ring (bicyclic) bond motifs is 1. The molecule has 1 aliphatic rings. The number of aliphatic imine (C=N–C) groups is 1. The third-order valence-corrected chi connectivity index (χ3v) is 4.91. The summed E-state index contributed by atoms with van der Waals surface area (Å²) in [5.41, 5.74) is 16.6. The van der Waals surface area contributed by atoms with E-state index in [0.29, 0.717) is 21.6 Å². The quantitative estimate of drug-likeness (QED) is 0.312. The first kappa shape index (κ1) is 23.0. The number of nitrogens with two attached hydrogens (primary N) is 2. The Bertz CT molecular complexity index is 1090. The zero-order valence-electron chi connectivity index (χ0n) is 15.0. The predicted molar refractivity (Wildman–Crippen MR) is 125 cm³/mol. The van der Waals surface area contributed by atoms with Crippen LogP contribution in [0.5, 0.6) is 0 Å². The number of amidine groups is 1. The van der Waals surface area contributed by atoms with Gasteiger partial charge in [0.05, 0.1) is 5.71 Å². The van der Waals surface area contributed by atoms with Crippen LogP contribution in [0.4, 0.5) is 11.8 Å². The number of imidazole rings is 1. The molecule has 0 amide bonds. The number of nitrogens with one attached hydrogen (secondary N) is 2. The van der Waals surface area contributed by atoms with E-state index in [9.17, 15) is 0 Å². The minimum absolute atomic E-state index is 0. The van der Waals surface area contributed by atoms with Crippen LogP contribution in [0.25, 0.3) is 11.3 Å². The van der Waals surface area contributed by atoms with Crippen LogP contribution in [-0.2, 0) is 6.42 Å². The molecule has 6 N–H and O–H groups in total. The van der Waals surface area contributed by atoms with Crippen molar-refractivity contribution in [2.75, 3.05) is 5.73 Å². The third kappa shape index (κ3) is 4.51. The van der Waals surface area contributed by atoms with Crippen molar-refractivity contribution >= 4 is 71.3 Å². The molecule has 0 unspecified atom stereocenters. The highest BCUT2D eigenvalue weighted by Crippen LogP contribution is 2.35. The number of nitrogen functional groups attached to an aromatic ring is 2. The van der Waals surface area contributed by atoms with Crippen molar-refractivity contribution in [3.8, 4) is 11.3 Å². The van der Waals surface area contributed by atoms with Gasteiger partial charge in [-0.1, -0.05) is 41.4 Å². The Morgan fingerprint density at radius 3 is 2.45 bits per heavy atom. The summed E-state index contributed by atoms with van der Waals surface area (Å²) in [5.74, 6) is 0.867. The van der Waals surface area contributed by atoms with Gasteiger partial charge in [0.1, 0.15) is 11.5 Å². The Morgan fingerprint density at radius 1 is 1.10 bits per heavy atom. The van der Waals surface area contributed by atoms with Crippen LogP contribution in [0.3, 0.4) is 0 Å². The Balaban J connectivity index is 0.00000150. The van der Waals surface area contributed by atoms with Gasteiger partial charge in [-0.05, 0) is 42.2 Å². The lowest BCUT2D eigenvalue weighted by Gasteiger charge is -2.06. The molecular weight excluding hydrogens is 454 g/mol. The van der Waals surface area contributed by atoms with Crippen molar-refractivity contribution in [2.45, 2.75) is 12.8 Å². The van der Waals surface area contributed by atoms with Gasteiger partial charge in [-0.25, -0.2) is 9.98 Å².